The summed E-state index contributed by atoms with van der Waals surface area (Å²) < 4.78 is 33.8. The van der Waals surface area contributed by atoms with E-state index >= 15 is 0 Å². The lowest BCUT2D eigenvalue weighted by molar-refractivity contribution is -0.386. The number of thiophene rings is 1. The summed E-state index contributed by atoms with van der Waals surface area (Å²) in [5.74, 6) is -2.43. The molecule has 0 saturated carbocycles. The molecule has 0 aliphatic rings. The number of anilines is 1. The minimum Gasteiger partial charge on any atom is -0.475 e. The number of ether oxygens (including phenoxy) is 1. The lowest BCUT2D eigenvalue weighted by Crippen LogP contribution is -2.18. The molecule has 0 bridgehead atoms. The molecule has 0 aromatic carbocycles. The number of nitro groups is 1. The van der Waals surface area contributed by atoms with Crippen molar-refractivity contribution in [2.45, 2.75) is 26.8 Å². The highest BCUT2D eigenvalue weighted by molar-refractivity contribution is 7.21. The number of primary amides is 1. The minimum absolute atomic E-state index is 0.00670. The van der Waals surface area contributed by atoms with Crippen LogP contribution in [0.4, 0.5) is 20.2 Å². The number of aromatic nitrogens is 5. The SMILES string of the molecule is CCn1cc(-c2cc(C(F)F)nc3sc(C(N)=O)c(NC(=O)c4[nH]nc(OC)c4[N+](=O)[O-])c23)c(C)n1. The van der Waals surface area contributed by atoms with E-state index in [-0.39, 0.29) is 26.3 Å². The first kappa shape index (κ1) is 24.6. The molecule has 2 amide bonds. The molecule has 0 aliphatic carbocycles. The predicted molar refractivity (Wildman–Crippen MR) is 124 cm³/mol. The lowest BCUT2D eigenvalue weighted by atomic mass is 10.0. The molecule has 4 aromatic heterocycles. The first-order chi connectivity index (χ1) is 17.1. The van der Waals surface area contributed by atoms with Crippen LogP contribution >= 0.6 is 11.3 Å². The van der Waals surface area contributed by atoms with Crippen molar-refractivity contribution in [3.63, 3.8) is 0 Å². The van der Waals surface area contributed by atoms with Crippen molar-refractivity contribution in [1.82, 2.24) is 25.0 Å². The Morgan fingerprint density at radius 1 is 1.39 bits per heavy atom. The summed E-state index contributed by atoms with van der Waals surface area (Å²) in [6, 6.07) is 1.14. The van der Waals surface area contributed by atoms with Gasteiger partial charge in [0.15, 0.2) is 0 Å². The van der Waals surface area contributed by atoms with Crippen LogP contribution in [0.1, 0.15) is 44.9 Å². The zero-order valence-electron chi connectivity index (χ0n) is 19.0. The van der Waals surface area contributed by atoms with E-state index in [4.69, 9.17) is 10.5 Å². The highest BCUT2D eigenvalue weighted by Gasteiger charge is 2.32. The average Bonchev–Trinajstić information content (AvgIpc) is 3.53. The van der Waals surface area contributed by atoms with Gasteiger partial charge in [0.25, 0.3) is 18.2 Å². The Labute approximate surface area is 204 Å². The van der Waals surface area contributed by atoms with Gasteiger partial charge in [-0.05, 0) is 25.5 Å². The second-order valence-corrected chi connectivity index (χ2v) is 8.40. The van der Waals surface area contributed by atoms with Gasteiger partial charge in [-0.3, -0.25) is 29.5 Å². The molecule has 0 unspecified atom stereocenters. The molecule has 4 heterocycles. The van der Waals surface area contributed by atoms with Crippen LogP contribution in [-0.4, -0.2) is 48.8 Å². The Balaban J connectivity index is 1.97. The highest BCUT2D eigenvalue weighted by Crippen LogP contribution is 2.43. The maximum Gasteiger partial charge on any atom is 0.362 e. The molecule has 0 radical (unpaired) electrons. The quantitative estimate of drug-likeness (QED) is 0.233. The number of fused-ring (bicyclic) bond motifs is 1. The predicted octanol–water partition coefficient (Wildman–Crippen LogP) is 3.42. The van der Waals surface area contributed by atoms with Crippen LogP contribution in [0.3, 0.4) is 0 Å². The Morgan fingerprint density at radius 2 is 2.11 bits per heavy atom. The van der Waals surface area contributed by atoms with Gasteiger partial charge in [-0.1, -0.05) is 0 Å². The number of hydrogen-bond donors (Lipinski definition) is 3. The second kappa shape index (κ2) is 9.29. The van der Waals surface area contributed by atoms with E-state index < -0.39 is 46.1 Å². The Hall–Kier alpha value is -4.47. The van der Waals surface area contributed by atoms with Gasteiger partial charge in [-0.15, -0.1) is 16.4 Å². The summed E-state index contributed by atoms with van der Waals surface area (Å²) in [4.78, 5) is 39.7. The number of aromatic amines is 1. The van der Waals surface area contributed by atoms with Crippen LogP contribution in [0.5, 0.6) is 5.88 Å². The van der Waals surface area contributed by atoms with Crippen LogP contribution in [0.2, 0.25) is 0 Å². The number of nitrogens with zero attached hydrogens (tertiary/aromatic N) is 5. The Bertz CT molecular complexity index is 1530. The zero-order chi connectivity index (χ0) is 26.3. The number of amides is 2. The van der Waals surface area contributed by atoms with E-state index in [9.17, 15) is 28.5 Å². The minimum atomic E-state index is -2.92. The van der Waals surface area contributed by atoms with Gasteiger partial charge in [0.2, 0.25) is 5.69 Å². The Kier molecular flexibility index (Phi) is 6.36. The summed E-state index contributed by atoms with van der Waals surface area (Å²) in [6.07, 6.45) is -1.29. The molecular formula is C20H18F2N8O5S. The smallest absolute Gasteiger partial charge is 0.362 e. The van der Waals surface area contributed by atoms with Gasteiger partial charge in [0.1, 0.15) is 15.4 Å². The summed E-state index contributed by atoms with van der Waals surface area (Å²) in [7, 11) is 1.14. The number of carbonyl (C=O) groups is 2. The molecular weight excluding hydrogens is 502 g/mol. The summed E-state index contributed by atoms with van der Waals surface area (Å²) in [6.45, 7) is 4.02. The first-order valence-electron chi connectivity index (χ1n) is 10.2. The van der Waals surface area contributed by atoms with E-state index in [0.29, 0.717) is 29.1 Å². The van der Waals surface area contributed by atoms with E-state index in [1.54, 1.807) is 17.8 Å². The summed E-state index contributed by atoms with van der Waals surface area (Å²) in [5.41, 5.74) is 4.74. The number of methoxy groups -OCH3 is 1. The summed E-state index contributed by atoms with van der Waals surface area (Å²) >= 11 is 0.703. The molecule has 4 N–H and O–H groups in total. The fraction of sp³-hybridized carbons (Fsp3) is 0.250. The highest BCUT2D eigenvalue weighted by atomic mass is 32.1. The van der Waals surface area contributed by atoms with Crippen LogP contribution in [-0.2, 0) is 6.54 Å². The lowest BCUT2D eigenvalue weighted by Gasteiger charge is -2.10. The van der Waals surface area contributed by atoms with Gasteiger partial charge >= 0.3 is 11.6 Å². The van der Waals surface area contributed by atoms with Crippen molar-refractivity contribution in [3.05, 3.63) is 44.3 Å². The van der Waals surface area contributed by atoms with E-state index in [1.165, 1.54) is 0 Å². The van der Waals surface area contributed by atoms with Crippen molar-refractivity contribution in [2.24, 2.45) is 5.73 Å². The van der Waals surface area contributed by atoms with Gasteiger partial charge in [0.05, 0.1) is 23.4 Å². The van der Waals surface area contributed by atoms with Crippen molar-refractivity contribution in [3.8, 4) is 17.0 Å². The van der Waals surface area contributed by atoms with Crippen LogP contribution in [0, 0.1) is 17.0 Å². The number of hydrogen-bond acceptors (Lipinski definition) is 9. The number of H-pyrrole nitrogens is 1. The fourth-order valence-corrected chi connectivity index (χ4v) is 4.66. The third kappa shape index (κ3) is 4.10. The van der Waals surface area contributed by atoms with Crippen molar-refractivity contribution < 1.29 is 28.0 Å². The molecule has 13 nitrogen and oxygen atoms in total. The number of nitrogens with one attached hydrogen (secondary N) is 2. The summed E-state index contributed by atoms with van der Waals surface area (Å²) in [5, 5.41) is 24.3. The molecule has 188 valence electrons. The molecule has 4 rings (SSSR count). The largest absolute Gasteiger partial charge is 0.475 e. The Morgan fingerprint density at radius 3 is 2.67 bits per heavy atom. The van der Waals surface area contributed by atoms with Crippen molar-refractivity contribution in [1.29, 1.82) is 0 Å². The van der Waals surface area contributed by atoms with E-state index in [1.807, 2.05) is 6.92 Å². The maximum atomic E-state index is 13.7. The van der Waals surface area contributed by atoms with Gasteiger partial charge in [-0.2, -0.15) is 5.10 Å². The molecule has 0 aliphatic heterocycles. The van der Waals surface area contributed by atoms with E-state index in [2.05, 4.69) is 25.6 Å². The van der Waals surface area contributed by atoms with E-state index in [0.717, 1.165) is 13.2 Å². The van der Waals surface area contributed by atoms with Crippen molar-refractivity contribution >= 4 is 44.7 Å². The molecule has 36 heavy (non-hydrogen) atoms. The standard InChI is InChI=1S/C20H18F2N8O5S/c1-4-29-6-9(7(2)28-29)8-5-10(16(21)22)24-20-11(8)12(15(36-20)17(23)31)25-18(32)13-14(30(33)34)19(35-3)27-26-13/h5-6,16H,4H2,1-3H3,(H2,23,31)(H,25,32)(H,26,27). The number of carbonyl (C=O) groups excluding carboxylic acids is 2. The monoisotopic (exact) mass is 520 g/mol. The first-order valence-corrected chi connectivity index (χ1v) is 11.1. The number of rotatable bonds is 8. The number of pyridine rings is 1. The fourth-order valence-electron chi connectivity index (χ4n) is 3.64. The van der Waals surface area contributed by atoms with Crippen LogP contribution < -0.4 is 15.8 Å². The topological polar surface area (TPSA) is 184 Å². The number of aryl methyl sites for hydroxylation is 2. The number of nitrogens with two attached hydrogens (primary N) is 1. The zero-order valence-corrected chi connectivity index (χ0v) is 19.8. The van der Waals surface area contributed by atoms with Crippen LogP contribution in [0.15, 0.2) is 12.3 Å². The van der Waals surface area contributed by atoms with Gasteiger partial charge in [-0.25, -0.2) is 13.8 Å². The third-order valence-electron chi connectivity index (χ3n) is 5.24. The van der Waals surface area contributed by atoms with Gasteiger partial charge in [0, 0.05) is 23.7 Å². The number of halogens is 2. The average molecular weight is 520 g/mol. The molecule has 0 saturated heterocycles. The number of alkyl halides is 2. The molecule has 0 spiro atoms. The second-order valence-electron chi connectivity index (χ2n) is 7.40. The molecule has 16 heteroatoms. The van der Waals surface area contributed by atoms with Gasteiger partial charge < -0.3 is 15.8 Å². The molecule has 4 aromatic rings. The van der Waals surface area contributed by atoms with Crippen LogP contribution in [0.25, 0.3) is 21.3 Å². The molecule has 0 fully saturated rings. The third-order valence-corrected chi connectivity index (χ3v) is 6.34. The van der Waals surface area contributed by atoms with Crippen molar-refractivity contribution in [2.75, 3.05) is 12.4 Å². The molecule has 0 atom stereocenters. The normalized spacial score (nSPS) is 11.3. The maximum absolute atomic E-state index is 13.7.